The summed E-state index contributed by atoms with van der Waals surface area (Å²) in [6.45, 7) is 5.21. The lowest BCUT2D eigenvalue weighted by Crippen LogP contribution is -2.42. The SMILES string of the molecule is NC1CCCC1CN1CCOCC1. The highest BCUT2D eigenvalue weighted by atomic mass is 16.5. The Morgan fingerprint density at radius 1 is 1.23 bits per heavy atom. The van der Waals surface area contributed by atoms with E-state index in [1.54, 1.807) is 0 Å². The maximum atomic E-state index is 6.04. The van der Waals surface area contributed by atoms with Crippen LogP contribution in [0.5, 0.6) is 0 Å². The molecule has 1 heterocycles. The van der Waals surface area contributed by atoms with Gasteiger partial charge in [-0.05, 0) is 18.8 Å². The molecular formula is C10H20N2O. The second-order valence-corrected chi connectivity index (χ2v) is 4.27. The fourth-order valence-corrected chi connectivity index (χ4v) is 2.41. The number of nitrogens with two attached hydrogens (primary N) is 1. The average molecular weight is 184 g/mol. The molecule has 0 aromatic heterocycles. The summed E-state index contributed by atoms with van der Waals surface area (Å²) in [5.74, 6) is 0.748. The summed E-state index contributed by atoms with van der Waals surface area (Å²) in [4.78, 5) is 2.50. The molecule has 1 aliphatic carbocycles. The van der Waals surface area contributed by atoms with Gasteiger partial charge in [0.15, 0.2) is 0 Å². The van der Waals surface area contributed by atoms with E-state index < -0.39 is 0 Å². The first kappa shape index (κ1) is 9.44. The van der Waals surface area contributed by atoms with Crippen molar-refractivity contribution in [3.05, 3.63) is 0 Å². The first-order valence-electron chi connectivity index (χ1n) is 5.42. The Labute approximate surface area is 80.2 Å². The third-order valence-corrected chi connectivity index (χ3v) is 3.31. The summed E-state index contributed by atoms with van der Waals surface area (Å²) < 4.78 is 5.32. The Morgan fingerprint density at radius 2 is 2.00 bits per heavy atom. The van der Waals surface area contributed by atoms with Gasteiger partial charge in [-0.3, -0.25) is 4.90 Å². The van der Waals surface area contributed by atoms with Gasteiger partial charge in [0.25, 0.3) is 0 Å². The van der Waals surface area contributed by atoms with E-state index in [4.69, 9.17) is 10.5 Å². The summed E-state index contributed by atoms with van der Waals surface area (Å²) in [7, 11) is 0. The Hall–Kier alpha value is -0.120. The maximum Gasteiger partial charge on any atom is 0.0594 e. The fraction of sp³-hybridized carbons (Fsp3) is 1.00. The Balaban J connectivity index is 1.75. The van der Waals surface area contributed by atoms with Crippen LogP contribution in [-0.4, -0.2) is 43.8 Å². The standard InChI is InChI=1S/C10H20N2O/c11-10-3-1-2-9(10)8-12-4-6-13-7-5-12/h9-10H,1-8,11H2. The largest absolute Gasteiger partial charge is 0.379 e. The molecule has 1 saturated heterocycles. The molecule has 0 radical (unpaired) electrons. The van der Waals surface area contributed by atoms with E-state index >= 15 is 0 Å². The number of hydrogen-bond donors (Lipinski definition) is 1. The van der Waals surface area contributed by atoms with Gasteiger partial charge in [0.1, 0.15) is 0 Å². The lowest BCUT2D eigenvalue weighted by atomic mass is 10.0. The number of hydrogen-bond acceptors (Lipinski definition) is 3. The van der Waals surface area contributed by atoms with Gasteiger partial charge in [-0.1, -0.05) is 6.42 Å². The van der Waals surface area contributed by atoms with Crippen molar-refractivity contribution in [3.8, 4) is 0 Å². The first-order valence-corrected chi connectivity index (χ1v) is 5.42. The zero-order valence-electron chi connectivity index (χ0n) is 8.24. The maximum absolute atomic E-state index is 6.04. The van der Waals surface area contributed by atoms with E-state index in [9.17, 15) is 0 Å². The van der Waals surface area contributed by atoms with Crippen molar-refractivity contribution in [1.82, 2.24) is 4.90 Å². The minimum atomic E-state index is 0.461. The van der Waals surface area contributed by atoms with Crippen LogP contribution >= 0.6 is 0 Å². The summed E-state index contributed by atoms with van der Waals surface area (Å²) in [5.41, 5.74) is 6.04. The van der Waals surface area contributed by atoms with Crippen molar-refractivity contribution in [2.24, 2.45) is 11.7 Å². The van der Waals surface area contributed by atoms with Crippen molar-refractivity contribution >= 4 is 0 Å². The van der Waals surface area contributed by atoms with Crippen LogP contribution in [0.15, 0.2) is 0 Å². The first-order chi connectivity index (χ1) is 6.36. The van der Waals surface area contributed by atoms with Gasteiger partial charge in [0, 0.05) is 25.7 Å². The molecule has 2 atom stereocenters. The van der Waals surface area contributed by atoms with Gasteiger partial charge in [0.05, 0.1) is 13.2 Å². The molecule has 2 unspecified atom stereocenters. The number of nitrogens with zero attached hydrogens (tertiary/aromatic N) is 1. The van der Waals surface area contributed by atoms with Crippen molar-refractivity contribution in [3.63, 3.8) is 0 Å². The third kappa shape index (κ3) is 2.42. The molecule has 0 aromatic rings. The molecule has 2 aliphatic rings. The highest BCUT2D eigenvalue weighted by Gasteiger charge is 2.26. The van der Waals surface area contributed by atoms with Crippen LogP contribution in [0.25, 0.3) is 0 Å². The topological polar surface area (TPSA) is 38.5 Å². The van der Waals surface area contributed by atoms with E-state index in [-0.39, 0.29) is 0 Å². The van der Waals surface area contributed by atoms with Gasteiger partial charge in [-0.15, -0.1) is 0 Å². The third-order valence-electron chi connectivity index (χ3n) is 3.31. The van der Waals surface area contributed by atoms with E-state index in [1.807, 2.05) is 0 Å². The fourth-order valence-electron chi connectivity index (χ4n) is 2.41. The minimum Gasteiger partial charge on any atom is -0.379 e. The highest BCUT2D eigenvalue weighted by molar-refractivity contribution is 4.82. The van der Waals surface area contributed by atoms with Crippen molar-refractivity contribution < 1.29 is 4.74 Å². The van der Waals surface area contributed by atoms with Gasteiger partial charge in [-0.2, -0.15) is 0 Å². The Kier molecular flexibility index (Phi) is 3.19. The summed E-state index contributed by atoms with van der Waals surface area (Å²) in [5, 5.41) is 0. The molecule has 13 heavy (non-hydrogen) atoms. The Morgan fingerprint density at radius 3 is 2.62 bits per heavy atom. The van der Waals surface area contributed by atoms with Crippen molar-refractivity contribution in [2.45, 2.75) is 25.3 Å². The van der Waals surface area contributed by atoms with Gasteiger partial charge < -0.3 is 10.5 Å². The molecule has 1 aliphatic heterocycles. The zero-order valence-corrected chi connectivity index (χ0v) is 8.24. The number of morpholine rings is 1. The average Bonchev–Trinajstić information content (AvgIpc) is 2.54. The molecule has 2 N–H and O–H groups in total. The van der Waals surface area contributed by atoms with E-state index in [1.165, 1.54) is 25.8 Å². The minimum absolute atomic E-state index is 0.461. The van der Waals surface area contributed by atoms with E-state index in [2.05, 4.69) is 4.90 Å². The van der Waals surface area contributed by atoms with Crippen molar-refractivity contribution in [2.75, 3.05) is 32.8 Å². The number of rotatable bonds is 2. The summed E-state index contributed by atoms with van der Waals surface area (Å²) in [6.07, 6.45) is 3.89. The van der Waals surface area contributed by atoms with E-state index in [0.29, 0.717) is 6.04 Å². The lowest BCUT2D eigenvalue weighted by Gasteiger charge is -2.30. The van der Waals surface area contributed by atoms with Crippen LogP contribution in [0.2, 0.25) is 0 Å². The molecule has 1 saturated carbocycles. The number of ether oxygens (including phenoxy) is 1. The normalized spacial score (nSPS) is 36.7. The molecule has 0 bridgehead atoms. The molecule has 3 nitrogen and oxygen atoms in total. The Bertz CT molecular complexity index is 157. The van der Waals surface area contributed by atoms with Gasteiger partial charge in [0.2, 0.25) is 0 Å². The summed E-state index contributed by atoms with van der Waals surface area (Å²) >= 11 is 0. The second kappa shape index (κ2) is 4.40. The predicted molar refractivity (Wildman–Crippen MR) is 52.6 cm³/mol. The molecule has 3 heteroatoms. The van der Waals surface area contributed by atoms with Crippen LogP contribution in [0.4, 0.5) is 0 Å². The van der Waals surface area contributed by atoms with Crippen LogP contribution in [-0.2, 0) is 4.74 Å². The molecule has 0 amide bonds. The van der Waals surface area contributed by atoms with Crippen LogP contribution in [0, 0.1) is 5.92 Å². The molecule has 0 aromatic carbocycles. The smallest absolute Gasteiger partial charge is 0.0594 e. The molecular weight excluding hydrogens is 164 g/mol. The van der Waals surface area contributed by atoms with Crippen LogP contribution < -0.4 is 5.73 Å². The second-order valence-electron chi connectivity index (χ2n) is 4.27. The monoisotopic (exact) mass is 184 g/mol. The molecule has 76 valence electrons. The zero-order chi connectivity index (χ0) is 9.10. The predicted octanol–water partition coefficient (Wildman–Crippen LogP) is 0.446. The van der Waals surface area contributed by atoms with Crippen LogP contribution in [0.3, 0.4) is 0 Å². The van der Waals surface area contributed by atoms with E-state index in [0.717, 1.165) is 32.2 Å². The quantitative estimate of drug-likeness (QED) is 0.677. The van der Waals surface area contributed by atoms with Crippen molar-refractivity contribution in [1.29, 1.82) is 0 Å². The van der Waals surface area contributed by atoms with Crippen LogP contribution in [0.1, 0.15) is 19.3 Å². The lowest BCUT2D eigenvalue weighted by molar-refractivity contribution is 0.0301. The molecule has 0 spiro atoms. The molecule has 2 rings (SSSR count). The summed E-state index contributed by atoms with van der Waals surface area (Å²) in [6, 6.07) is 0.461. The highest BCUT2D eigenvalue weighted by Crippen LogP contribution is 2.24. The molecule has 2 fully saturated rings. The van der Waals surface area contributed by atoms with Gasteiger partial charge >= 0.3 is 0 Å². The van der Waals surface area contributed by atoms with Gasteiger partial charge in [-0.25, -0.2) is 0 Å².